The second kappa shape index (κ2) is 3.53. The average molecular weight is 231 g/mol. The monoisotopic (exact) mass is 230 g/mol. The molecule has 3 nitrogen and oxygen atoms in total. The third-order valence-electron chi connectivity index (χ3n) is 1.46. The summed E-state index contributed by atoms with van der Waals surface area (Å²) in [6, 6.07) is 1.69. The molecular formula is C7H3ClN2OS2. The molecule has 0 aliphatic carbocycles. The molecular weight excluding hydrogens is 228 g/mol. The molecule has 6 heteroatoms. The van der Waals surface area contributed by atoms with Crippen molar-refractivity contribution in [2.45, 2.75) is 0 Å². The number of aromatic nitrogens is 2. The molecule has 66 valence electrons. The summed E-state index contributed by atoms with van der Waals surface area (Å²) in [7, 11) is 0. The molecule has 0 radical (unpaired) electrons. The molecule has 0 spiro atoms. The standard InChI is InChI=1S/C7H3ClN2OS2/c8-7-4(1-2-12-7)6(11)5-3-9-13-10-5/h1-3H. The SMILES string of the molecule is O=C(c1cnsn1)c1ccsc1Cl. The normalized spacial score (nSPS) is 10.2. The molecule has 0 saturated carbocycles. The zero-order valence-electron chi connectivity index (χ0n) is 6.23. The molecule has 0 amide bonds. The topological polar surface area (TPSA) is 42.9 Å². The van der Waals surface area contributed by atoms with Gasteiger partial charge in [-0.3, -0.25) is 4.79 Å². The molecule has 0 aromatic carbocycles. The van der Waals surface area contributed by atoms with Crippen LogP contribution in [0.25, 0.3) is 0 Å². The number of carbonyl (C=O) groups excluding carboxylic acids is 1. The van der Waals surface area contributed by atoms with E-state index in [9.17, 15) is 4.79 Å². The highest BCUT2D eigenvalue weighted by molar-refractivity contribution is 7.14. The lowest BCUT2D eigenvalue weighted by molar-refractivity contribution is 0.103. The summed E-state index contributed by atoms with van der Waals surface area (Å²) < 4.78 is 8.09. The molecule has 0 aliphatic heterocycles. The van der Waals surface area contributed by atoms with Crippen molar-refractivity contribution in [1.82, 2.24) is 8.75 Å². The molecule has 2 aromatic rings. The van der Waals surface area contributed by atoms with E-state index in [0.717, 1.165) is 11.7 Å². The number of hydrogen-bond acceptors (Lipinski definition) is 5. The summed E-state index contributed by atoms with van der Waals surface area (Å²) in [5.74, 6) is -0.167. The first-order valence-corrected chi connectivity index (χ1v) is 5.33. The summed E-state index contributed by atoms with van der Waals surface area (Å²) in [5, 5.41) is 1.77. The van der Waals surface area contributed by atoms with Crippen LogP contribution in [0.15, 0.2) is 17.6 Å². The molecule has 0 atom stereocenters. The zero-order valence-corrected chi connectivity index (χ0v) is 8.62. The Morgan fingerprint density at radius 1 is 1.54 bits per heavy atom. The van der Waals surface area contributed by atoms with Gasteiger partial charge in [0.1, 0.15) is 10.0 Å². The Hall–Kier alpha value is -0.780. The number of rotatable bonds is 2. The van der Waals surface area contributed by atoms with Crippen LogP contribution in [-0.2, 0) is 0 Å². The highest BCUT2D eigenvalue weighted by atomic mass is 35.5. The number of nitrogens with zero attached hydrogens (tertiary/aromatic N) is 2. The largest absolute Gasteiger partial charge is 0.287 e. The van der Waals surface area contributed by atoms with Crippen molar-refractivity contribution >= 4 is 40.4 Å². The summed E-state index contributed by atoms with van der Waals surface area (Å²) in [6.07, 6.45) is 1.45. The summed E-state index contributed by atoms with van der Waals surface area (Å²) in [4.78, 5) is 11.6. The number of hydrogen-bond donors (Lipinski definition) is 0. The van der Waals surface area contributed by atoms with Gasteiger partial charge in [0.2, 0.25) is 5.78 Å². The van der Waals surface area contributed by atoms with E-state index in [-0.39, 0.29) is 5.78 Å². The lowest BCUT2D eigenvalue weighted by Gasteiger charge is -1.91. The quantitative estimate of drug-likeness (QED) is 0.745. The van der Waals surface area contributed by atoms with E-state index >= 15 is 0 Å². The van der Waals surface area contributed by atoms with Crippen molar-refractivity contribution in [3.63, 3.8) is 0 Å². The molecule has 0 unspecified atom stereocenters. The highest BCUT2D eigenvalue weighted by Crippen LogP contribution is 2.24. The van der Waals surface area contributed by atoms with Crippen LogP contribution in [0.5, 0.6) is 0 Å². The van der Waals surface area contributed by atoms with Gasteiger partial charge >= 0.3 is 0 Å². The first-order valence-electron chi connectivity index (χ1n) is 3.34. The highest BCUT2D eigenvalue weighted by Gasteiger charge is 2.15. The van der Waals surface area contributed by atoms with Crippen molar-refractivity contribution in [2.75, 3.05) is 0 Å². The van der Waals surface area contributed by atoms with Crippen molar-refractivity contribution in [1.29, 1.82) is 0 Å². The number of ketones is 1. The summed E-state index contributed by atoms with van der Waals surface area (Å²) in [6.45, 7) is 0. The van der Waals surface area contributed by atoms with Crippen LogP contribution in [0.1, 0.15) is 16.1 Å². The summed E-state index contributed by atoms with van der Waals surface area (Å²) >= 11 is 8.14. The Labute approximate surface area is 87.3 Å². The molecule has 0 N–H and O–H groups in total. The van der Waals surface area contributed by atoms with Gasteiger partial charge in [-0.15, -0.1) is 11.3 Å². The fraction of sp³-hybridized carbons (Fsp3) is 0. The molecule has 0 fully saturated rings. The maximum atomic E-state index is 11.6. The Bertz CT molecular complexity index is 423. The van der Waals surface area contributed by atoms with Gasteiger partial charge in [0.05, 0.1) is 23.5 Å². The summed E-state index contributed by atoms with van der Waals surface area (Å²) in [5.41, 5.74) is 0.852. The maximum absolute atomic E-state index is 11.6. The van der Waals surface area contributed by atoms with Gasteiger partial charge in [0, 0.05) is 0 Å². The first-order chi connectivity index (χ1) is 6.29. The minimum atomic E-state index is -0.167. The predicted molar refractivity (Wildman–Crippen MR) is 52.7 cm³/mol. The van der Waals surface area contributed by atoms with E-state index in [2.05, 4.69) is 8.75 Å². The van der Waals surface area contributed by atoms with Gasteiger partial charge in [-0.2, -0.15) is 8.75 Å². The van der Waals surface area contributed by atoms with E-state index in [4.69, 9.17) is 11.6 Å². The lowest BCUT2D eigenvalue weighted by Crippen LogP contribution is -1.99. The van der Waals surface area contributed by atoms with Gasteiger partial charge in [-0.05, 0) is 11.4 Å². The number of carbonyl (C=O) groups is 1. The smallest absolute Gasteiger partial charge is 0.216 e. The molecule has 0 bridgehead atoms. The third-order valence-corrected chi connectivity index (χ3v) is 3.10. The Kier molecular flexibility index (Phi) is 2.39. The molecule has 2 aromatic heterocycles. The van der Waals surface area contributed by atoms with E-state index in [1.54, 1.807) is 11.4 Å². The third kappa shape index (κ3) is 1.63. The van der Waals surface area contributed by atoms with Gasteiger partial charge in [-0.1, -0.05) is 11.6 Å². The van der Waals surface area contributed by atoms with Crippen LogP contribution in [-0.4, -0.2) is 14.5 Å². The first kappa shape index (κ1) is 8.80. The molecule has 2 heterocycles. The van der Waals surface area contributed by atoms with Crippen molar-refractivity contribution < 1.29 is 4.79 Å². The van der Waals surface area contributed by atoms with Crippen LogP contribution in [0.3, 0.4) is 0 Å². The Balaban J connectivity index is 2.39. The van der Waals surface area contributed by atoms with Gasteiger partial charge in [-0.25, -0.2) is 0 Å². The second-order valence-corrected chi connectivity index (χ2v) is 4.30. The van der Waals surface area contributed by atoms with Crippen LogP contribution >= 0.6 is 34.7 Å². The van der Waals surface area contributed by atoms with Crippen molar-refractivity contribution in [3.05, 3.63) is 33.2 Å². The van der Waals surface area contributed by atoms with Gasteiger partial charge in [0.25, 0.3) is 0 Å². The Morgan fingerprint density at radius 2 is 2.38 bits per heavy atom. The predicted octanol–water partition coefficient (Wildman–Crippen LogP) is 2.48. The zero-order chi connectivity index (χ0) is 9.26. The van der Waals surface area contributed by atoms with Crippen LogP contribution in [0.2, 0.25) is 4.34 Å². The van der Waals surface area contributed by atoms with Gasteiger partial charge in [0.15, 0.2) is 0 Å². The molecule has 0 saturated heterocycles. The second-order valence-electron chi connectivity index (χ2n) is 2.23. The van der Waals surface area contributed by atoms with Crippen molar-refractivity contribution in [3.8, 4) is 0 Å². The lowest BCUT2D eigenvalue weighted by atomic mass is 10.2. The average Bonchev–Trinajstić information content (AvgIpc) is 2.72. The van der Waals surface area contributed by atoms with E-state index < -0.39 is 0 Å². The number of thiophene rings is 1. The van der Waals surface area contributed by atoms with Crippen LogP contribution < -0.4 is 0 Å². The molecule has 0 aliphatic rings. The van der Waals surface area contributed by atoms with E-state index in [1.807, 2.05) is 0 Å². The molecule has 2 rings (SSSR count). The fourth-order valence-corrected chi connectivity index (χ4v) is 2.18. The Morgan fingerprint density at radius 3 is 2.92 bits per heavy atom. The minimum absolute atomic E-state index is 0.167. The molecule has 13 heavy (non-hydrogen) atoms. The van der Waals surface area contributed by atoms with E-state index in [1.165, 1.54) is 17.5 Å². The maximum Gasteiger partial charge on any atom is 0.216 e. The minimum Gasteiger partial charge on any atom is -0.287 e. The van der Waals surface area contributed by atoms with E-state index in [0.29, 0.717) is 15.6 Å². The number of halogens is 1. The van der Waals surface area contributed by atoms with Crippen molar-refractivity contribution in [2.24, 2.45) is 0 Å². The van der Waals surface area contributed by atoms with Crippen LogP contribution in [0.4, 0.5) is 0 Å². The fourth-order valence-electron chi connectivity index (χ4n) is 0.858. The van der Waals surface area contributed by atoms with Crippen LogP contribution in [0, 0.1) is 0 Å². The van der Waals surface area contributed by atoms with Gasteiger partial charge < -0.3 is 0 Å².